The summed E-state index contributed by atoms with van der Waals surface area (Å²) in [5, 5.41) is 3.12. The number of ether oxygens (including phenoxy) is 1. The average Bonchev–Trinajstić information content (AvgIpc) is 2.62. The van der Waals surface area contributed by atoms with Crippen LogP contribution in [0.25, 0.3) is 16.6 Å². The summed E-state index contributed by atoms with van der Waals surface area (Å²) in [5.41, 5.74) is 0.0649. The number of alkyl carbamates (subject to hydrolysis) is 1. The van der Waals surface area contributed by atoms with Crippen LogP contribution in [0.2, 0.25) is 5.02 Å². The van der Waals surface area contributed by atoms with Crippen LogP contribution in [0.5, 0.6) is 0 Å². The number of carbonyl (C=O) groups excluding carboxylic acids is 1. The van der Waals surface area contributed by atoms with E-state index in [1.807, 2.05) is 0 Å². The van der Waals surface area contributed by atoms with Crippen molar-refractivity contribution in [3.8, 4) is 5.69 Å². The molecule has 0 aliphatic carbocycles. The number of benzene rings is 1. The number of halogens is 2. The summed E-state index contributed by atoms with van der Waals surface area (Å²) in [7, 11) is 0. The monoisotopic (exact) mass is 432 g/mol. The predicted octanol–water partition coefficient (Wildman–Crippen LogP) is 3.95. The Kier molecular flexibility index (Phi) is 6.07. The highest BCUT2D eigenvalue weighted by molar-refractivity contribution is 6.35. The summed E-state index contributed by atoms with van der Waals surface area (Å²) in [4.78, 5) is 33.8. The molecule has 0 atom stereocenters. The Labute approximate surface area is 177 Å². The molecule has 0 saturated heterocycles. The molecule has 2 aromatic heterocycles. The zero-order chi connectivity index (χ0) is 22.1. The van der Waals surface area contributed by atoms with E-state index in [1.165, 1.54) is 10.6 Å². The molecule has 0 saturated carbocycles. The van der Waals surface area contributed by atoms with E-state index in [0.29, 0.717) is 17.0 Å². The van der Waals surface area contributed by atoms with Gasteiger partial charge >= 0.3 is 6.09 Å². The van der Waals surface area contributed by atoms with E-state index in [1.54, 1.807) is 45.9 Å². The SMILES string of the molecule is Cc1ncc(F)cc1-n1c(CCNC(=O)OC(C)(C)C)nc2cccc(Cl)c2c1=O. The van der Waals surface area contributed by atoms with Crippen LogP contribution in [0.1, 0.15) is 32.3 Å². The fraction of sp³-hybridized carbons (Fsp3) is 0.333. The van der Waals surface area contributed by atoms with Crippen molar-refractivity contribution in [1.82, 2.24) is 19.9 Å². The highest BCUT2D eigenvalue weighted by Gasteiger charge is 2.19. The second-order valence-electron chi connectivity index (χ2n) is 7.74. The first kappa shape index (κ1) is 21.7. The van der Waals surface area contributed by atoms with Crippen LogP contribution in [0.4, 0.5) is 9.18 Å². The van der Waals surface area contributed by atoms with Gasteiger partial charge in [0, 0.05) is 19.0 Å². The Hall–Kier alpha value is -3.00. The molecule has 3 aromatic rings. The van der Waals surface area contributed by atoms with Crippen molar-refractivity contribution < 1.29 is 13.9 Å². The van der Waals surface area contributed by atoms with Crippen LogP contribution >= 0.6 is 11.6 Å². The van der Waals surface area contributed by atoms with Crippen molar-refractivity contribution in [3.05, 3.63) is 63.2 Å². The first-order valence-electron chi connectivity index (χ1n) is 9.36. The van der Waals surface area contributed by atoms with Gasteiger partial charge in [0.2, 0.25) is 0 Å². The topological polar surface area (TPSA) is 86.1 Å². The maximum Gasteiger partial charge on any atom is 0.407 e. The summed E-state index contributed by atoms with van der Waals surface area (Å²) in [5.74, 6) is -0.249. The number of amides is 1. The maximum atomic E-state index is 13.9. The molecule has 2 heterocycles. The summed E-state index contributed by atoms with van der Waals surface area (Å²) in [6, 6.07) is 6.18. The molecule has 0 fully saturated rings. The zero-order valence-corrected chi connectivity index (χ0v) is 17.9. The molecule has 0 radical (unpaired) electrons. The Morgan fingerprint density at radius 1 is 1.33 bits per heavy atom. The second kappa shape index (κ2) is 8.39. The Bertz CT molecular complexity index is 1170. The molecular weight excluding hydrogens is 411 g/mol. The normalized spacial score (nSPS) is 11.5. The van der Waals surface area contributed by atoms with Crippen LogP contribution in [-0.2, 0) is 11.2 Å². The van der Waals surface area contributed by atoms with Gasteiger partial charge in [0.1, 0.15) is 17.2 Å². The fourth-order valence-corrected chi connectivity index (χ4v) is 3.22. The minimum atomic E-state index is -0.630. The van der Waals surface area contributed by atoms with Gasteiger partial charge in [-0.25, -0.2) is 14.2 Å². The van der Waals surface area contributed by atoms with Crippen molar-refractivity contribution in [2.24, 2.45) is 0 Å². The predicted molar refractivity (Wildman–Crippen MR) is 113 cm³/mol. The van der Waals surface area contributed by atoms with Gasteiger partial charge < -0.3 is 10.1 Å². The number of carbonyl (C=O) groups is 1. The second-order valence-corrected chi connectivity index (χ2v) is 8.15. The first-order valence-corrected chi connectivity index (χ1v) is 9.74. The lowest BCUT2D eigenvalue weighted by Crippen LogP contribution is -2.34. The Morgan fingerprint density at radius 3 is 2.77 bits per heavy atom. The Balaban J connectivity index is 2.05. The van der Waals surface area contributed by atoms with Crippen LogP contribution in [0.3, 0.4) is 0 Å². The smallest absolute Gasteiger partial charge is 0.407 e. The van der Waals surface area contributed by atoms with Crippen LogP contribution < -0.4 is 10.9 Å². The molecular formula is C21H22ClFN4O3. The first-order chi connectivity index (χ1) is 14.1. The van der Waals surface area contributed by atoms with Gasteiger partial charge in [0.05, 0.1) is 33.5 Å². The maximum absolute atomic E-state index is 13.9. The molecule has 1 N–H and O–H groups in total. The van der Waals surface area contributed by atoms with Gasteiger partial charge in [-0.3, -0.25) is 14.3 Å². The van der Waals surface area contributed by atoms with Gasteiger partial charge in [-0.1, -0.05) is 17.7 Å². The molecule has 0 bridgehead atoms. The van der Waals surface area contributed by atoms with E-state index < -0.39 is 23.1 Å². The number of hydrogen-bond donors (Lipinski definition) is 1. The lowest BCUT2D eigenvalue weighted by Gasteiger charge is -2.20. The quantitative estimate of drug-likeness (QED) is 0.674. The largest absolute Gasteiger partial charge is 0.444 e. The van der Waals surface area contributed by atoms with Crippen LogP contribution in [0, 0.1) is 12.7 Å². The van der Waals surface area contributed by atoms with E-state index in [0.717, 1.165) is 6.20 Å². The van der Waals surface area contributed by atoms with Gasteiger partial charge in [0.25, 0.3) is 5.56 Å². The molecule has 30 heavy (non-hydrogen) atoms. The van der Waals surface area contributed by atoms with Crippen molar-refractivity contribution in [2.45, 2.75) is 39.7 Å². The highest BCUT2D eigenvalue weighted by Crippen LogP contribution is 2.21. The number of pyridine rings is 1. The van der Waals surface area contributed by atoms with Gasteiger partial charge in [-0.15, -0.1) is 0 Å². The molecule has 0 aliphatic heterocycles. The number of hydrogen-bond acceptors (Lipinski definition) is 5. The summed E-state index contributed by atoms with van der Waals surface area (Å²) < 4.78 is 20.4. The Morgan fingerprint density at radius 2 is 2.07 bits per heavy atom. The molecule has 9 heteroatoms. The van der Waals surface area contributed by atoms with E-state index in [2.05, 4.69) is 15.3 Å². The van der Waals surface area contributed by atoms with Crippen molar-refractivity contribution in [2.75, 3.05) is 6.54 Å². The zero-order valence-electron chi connectivity index (χ0n) is 17.1. The average molecular weight is 433 g/mol. The van der Waals surface area contributed by atoms with E-state index in [-0.39, 0.29) is 29.1 Å². The number of aryl methyl sites for hydroxylation is 1. The lowest BCUT2D eigenvalue weighted by molar-refractivity contribution is 0.0528. The minimum absolute atomic E-state index is 0.162. The van der Waals surface area contributed by atoms with E-state index in [4.69, 9.17) is 16.3 Å². The third-order valence-corrected chi connectivity index (χ3v) is 4.52. The van der Waals surface area contributed by atoms with Crippen molar-refractivity contribution >= 4 is 28.6 Å². The molecule has 0 spiro atoms. The standard InChI is InChI=1S/C21H22ClFN4O3/c1-12-16(10-13(23)11-25-12)27-17(8-9-24-20(29)30-21(2,3)4)26-15-7-5-6-14(22)18(15)19(27)28/h5-7,10-11H,8-9H2,1-4H3,(H,24,29). The number of nitrogens with zero attached hydrogens (tertiary/aromatic N) is 3. The third-order valence-electron chi connectivity index (χ3n) is 4.20. The molecule has 0 aliphatic rings. The van der Waals surface area contributed by atoms with Gasteiger partial charge in [0.15, 0.2) is 0 Å². The molecule has 0 unspecified atom stereocenters. The van der Waals surface area contributed by atoms with Gasteiger partial charge in [-0.05, 0) is 39.8 Å². The number of rotatable bonds is 4. The molecule has 3 rings (SSSR count). The van der Waals surface area contributed by atoms with Crippen LogP contribution in [-0.4, -0.2) is 32.8 Å². The molecule has 158 valence electrons. The lowest BCUT2D eigenvalue weighted by atomic mass is 10.2. The third kappa shape index (κ3) is 4.76. The fourth-order valence-electron chi connectivity index (χ4n) is 2.97. The van der Waals surface area contributed by atoms with E-state index in [9.17, 15) is 14.0 Å². The molecule has 1 amide bonds. The highest BCUT2D eigenvalue weighted by atomic mass is 35.5. The van der Waals surface area contributed by atoms with Crippen molar-refractivity contribution in [1.29, 1.82) is 0 Å². The van der Waals surface area contributed by atoms with Crippen molar-refractivity contribution in [3.63, 3.8) is 0 Å². The molecule has 1 aromatic carbocycles. The van der Waals surface area contributed by atoms with Crippen LogP contribution in [0.15, 0.2) is 35.3 Å². The minimum Gasteiger partial charge on any atom is -0.444 e. The van der Waals surface area contributed by atoms with Gasteiger partial charge in [-0.2, -0.15) is 0 Å². The summed E-state index contributed by atoms with van der Waals surface area (Å²) in [6.07, 6.45) is 0.700. The number of nitrogens with one attached hydrogen (secondary N) is 1. The number of aromatic nitrogens is 3. The van der Waals surface area contributed by atoms with E-state index >= 15 is 0 Å². The number of fused-ring (bicyclic) bond motifs is 1. The summed E-state index contributed by atoms with van der Waals surface area (Å²) >= 11 is 6.24. The molecule has 7 nitrogen and oxygen atoms in total. The summed E-state index contributed by atoms with van der Waals surface area (Å²) in [6.45, 7) is 7.12.